The number of fused-ring (bicyclic) bond motifs is 1. The minimum absolute atomic E-state index is 0.240. The van der Waals surface area contributed by atoms with Crippen molar-refractivity contribution in [2.45, 2.75) is 50.5 Å². The van der Waals surface area contributed by atoms with E-state index in [2.05, 4.69) is 10.2 Å². The van der Waals surface area contributed by atoms with Crippen LogP contribution in [0, 0.1) is 5.82 Å². The van der Waals surface area contributed by atoms with E-state index >= 15 is 0 Å². The molecule has 2 heterocycles. The second-order valence-electron chi connectivity index (χ2n) is 9.51. The molecular weight excluding hydrogens is 484 g/mol. The highest BCUT2D eigenvalue weighted by atomic mass is 35.5. The van der Waals surface area contributed by atoms with Gasteiger partial charge >= 0.3 is 6.03 Å². The van der Waals surface area contributed by atoms with Crippen molar-refractivity contribution in [2.24, 2.45) is 0 Å². The molecule has 0 radical (unpaired) electrons. The third-order valence-electron chi connectivity index (χ3n) is 6.72. The number of hydrogen-bond acceptors (Lipinski definition) is 5. The summed E-state index contributed by atoms with van der Waals surface area (Å²) < 4.78 is 21.2. The van der Waals surface area contributed by atoms with Crippen LogP contribution < -0.4 is 15.0 Å². The van der Waals surface area contributed by atoms with Crippen molar-refractivity contribution in [1.82, 2.24) is 10.2 Å². The van der Waals surface area contributed by atoms with Gasteiger partial charge < -0.3 is 15.2 Å². The van der Waals surface area contributed by atoms with Crippen LogP contribution in [-0.4, -0.2) is 52.7 Å². The van der Waals surface area contributed by atoms with Gasteiger partial charge in [0.1, 0.15) is 23.2 Å². The van der Waals surface area contributed by atoms with Crippen LogP contribution in [0.5, 0.6) is 5.75 Å². The fourth-order valence-electron chi connectivity index (χ4n) is 4.99. The van der Waals surface area contributed by atoms with Gasteiger partial charge in [-0.3, -0.25) is 9.69 Å². The second kappa shape index (κ2) is 8.37. The minimum atomic E-state index is -1.03. The number of urea groups is 1. The number of benzene rings is 2. The number of imide groups is 1. The van der Waals surface area contributed by atoms with Crippen molar-refractivity contribution in [3.8, 4) is 5.75 Å². The van der Waals surface area contributed by atoms with Crippen LogP contribution in [0.2, 0.25) is 10.0 Å². The van der Waals surface area contributed by atoms with Crippen molar-refractivity contribution in [3.63, 3.8) is 0 Å². The number of likely N-dealkylation sites (tertiary alicyclic amines) is 1. The van der Waals surface area contributed by atoms with E-state index in [1.807, 2.05) is 0 Å². The first kappa shape index (κ1) is 23.4. The lowest BCUT2D eigenvalue weighted by molar-refractivity contribution is -0.121. The Morgan fingerprint density at radius 1 is 1.21 bits per heavy atom. The SMILES string of the molecule is CC1(C)NC(=O)N(c2ccc(Cl)c(O[C@H]3c4cc(Cl)cc(F)c4C[C@H]3N3CC[C@@H](O)C3)c2)C1=O. The van der Waals surface area contributed by atoms with E-state index in [1.54, 1.807) is 32.0 Å². The van der Waals surface area contributed by atoms with Crippen molar-refractivity contribution in [2.75, 3.05) is 18.0 Å². The Kier molecular flexibility index (Phi) is 5.75. The number of rotatable bonds is 4. The lowest BCUT2D eigenvalue weighted by Crippen LogP contribution is -2.40. The van der Waals surface area contributed by atoms with E-state index in [1.165, 1.54) is 12.1 Å². The molecule has 2 aliphatic heterocycles. The lowest BCUT2D eigenvalue weighted by atomic mass is 10.1. The molecule has 0 unspecified atom stereocenters. The number of amides is 3. The van der Waals surface area contributed by atoms with E-state index in [-0.39, 0.29) is 21.8 Å². The van der Waals surface area contributed by atoms with E-state index in [0.717, 1.165) is 4.90 Å². The van der Waals surface area contributed by atoms with Gasteiger partial charge in [0.25, 0.3) is 5.91 Å². The summed E-state index contributed by atoms with van der Waals surface area (Å²) in [5, 5.41) is 13.3. The Bertz CT molecular complexity index is 1190. The number of carbonyl (C=O) groups excluding carboxylic acids is 2. The molecule has 3 aliphatic rings. The summed E-state index contributed by atoms with van der Waals surface area (Å²) in [4.78, 5) is 28.4. The van der Waals surface area contributed by atoms with Crippen LogP contribution in [0.25, 0.3) is 0 Å². The van der Waals surface area contributed by atoms with Gasteiger partial charge in [-0.2, -0.15) is 0 Å². The van der Waals surface area contributed by atoms with Crippen LogP contribution in [0.15, 0.2) is 30.3 Å². The molecule has 0 spiro atoms. The molecule has 10 heteroatoms. The number of anilines is 1. The van der Waals surface area contributed by atoms with Crippen LogP contribution >= 0.6 is 23.2 Å². The molecule has 3 amide bonds. The van der Waals surface area contributed by atoms with E-state index in [0.29, 0.717) is 42.7 Å². The number of nitrogens with one attached hydrogen (secondary N) is 1. The summed E-state index contributed by atoms with van der Waals surface area (Å²) >= 11 is 12.6. The van der Waals surface area contributed by atoms with Gasteiger partial charge in [-0.05, 0) is 56.5 Å². The molecule has 2 fully saturated rings. The average molecular weight is 508 g/mol. The molecule has 7 nitrogen and oxygen atoms in total. The van der Waals surface area contributed by atoms with Gasteiger partial charge in [0, 0.05) is 29.7 Å². The van der Waals surface area contributed by atoms with Crippen LogP contribution in [0.4, 0.5) is 14.9 Å². The van der Waals surface area contributed by atoms with Gasteiger partial charge in [0.15, 0.2) is 0 Å². The number of aliphatic hydroxyl groups excluding tert-OH is 1. The molecule has 5 rings (SSSR count). The molecule has 0 aromatic heterocycles. The van der Waals surface area contributed by atoms with Crippen molar-refractivity contribution in [1.29, 1.82) is 0 Å². The van der Waals surface area contributed by atoms with Crippen molar-refractivity contribution >= 4 is 40.8 Å². The van der Waals surface area contributed by atoms with Crippen LogP contribution in [-0.2, 0) is 11.2 Å². The van der Waals surface area contributed by atoms with Gasteiger partial charge in [0.2, 0.25) is 0 Å². The minimum Gasteiger partial charge on any atom is -0.482 e. The van der Waals surface area contributed by atoms with E-state index in [9.17, 15) is 19.1 Å². The largest absolute Gasteiger partial charge is 0.482 e. The number of aliphatic hydroxyl groups is 1. The third kappa shape index (κ3) is 3.92. The van der Waals surface area contributed by atoms with E-state index < -0.39 is 35.5 Å². The first-order chi connectivity index (χ1) is 16.0. The van der Waals surface area contributed by atoms with Crippen LogP contribution in [0.3, 0.4) is 0 Å². The second-order valence-corrected chi connectivity index (χ2v) is 10.4. The highest BCUT2D eigenvalue weighted by Crippen LogP contribution is 2.43. The van der Waals surface area contributed by atoms with Gasteiger partial charge in [-0.15, -0.1) is 0 Å². The van der Waals surface area contributed by atoms with Gasteiger partial charge in [-0.1, -0.05) is 23.2 Å². The van der Waals surface area contributed by atoms with Crippen molar-refractivity contribution < 1.29 is 23.8 Å². The molecule has 1 aliphatic carbocycles. The lowest BCUT2D eigenvalue weighted by Gasteiger charge is -2.30. The summed E-state index contributed by atoms with van der Waals surface area (Å²) in [5.74, 6) is -0.540. The third-order valence-corrected chi connectivity index (χ3v) is 7.25. The number of hydrogen-bond donors (Lipinski definition) is 2. The summed E-state index contributed by atoms with van der Waals surface area (Å²) in [6.07, 6.45) is -0.0385. The summed E-state index contributed by atoms with van der Waals surface area (Å²) in [5.41, 5.74) is 0.423. The summed E-state index contributed by atoms with van der Waals surface area (Å²) in [6, 6.07) is 6.86. The monoisotopic (exact) mass is 507 g/mol. The molecular formula is C24H24Cl2FN3O4. The zero-order valence-electron chi connectivity index (χ0n) is 18.6. The highest BCUT2D eigenvalue weighted by molar-refractivity contribution is 6.32. The Morgan fingerprint density at radius 3 is 2.62 bits per heavy atom. The number of nitrogens with zero attached hydrogens (tertiary/aromatic N) is 2. The molecule has 2 N–H and O–H groups in total. The fraction of sp³-hybridized carbons (Fsp3) is 0.417. The first-order valence-electron chi connectivity index (χ1n) is 11.1. The highest BCUT2D eigenvalue weighted by Gasteiger charge is 2.46. The molecule has 2 aromatic carbocycles. The zero-order valence-corrected chi connectivity index (χ0v) is 20.2. The molecule has 180 valence electrons. The number of halogens is 3. The average Bonchev–Trinajstić information content (AvgIpc) is 3.39. The molecule has 0 saturated carbocycles. The number of carbonyl (C=O) groups is 2. The van der Waals surface area contributed by atoms with E-state index in [4.69, 9.17) is 27.9 Å². The predicted molar refractivity (Wildman–Crippen MR) is 126 cm³/mol. The molecule has 3 atom stereocenters. The number of ether oxygens (including phenoxy) is 1. The molecule has 2 aromatic rings. The molecule has 2 saturated heterocycles. The Balaban J connectivity index is 1.52. The Labute approximate surface area is 206 Å². The summed E-state index contributed by atoms with van der Waals surface area (Å²) in [6.45, 7) is 4.37. The Hall–Kier alpha value is -2.39. The predicted octanol–water partition coefficient (Wildman–Crippen LogP) is 4.08. The fourth-order valence-corrected chi connectivity index (χ4v) is 5.36. The van der Waals surface area contributed by atoms with Gasteiger partial charge in [-0.25, -0.2) is 14.1 Å². The maximum atomic E-state index is 14.8. The number of β-amino-alcohol motifs (C(OH)–C–C–N with tert-alkyl or cyclic N) is 1. The molecule has 34 heavy (non-hydrogen) atoms. The zero-order chi connectivity index (χ0) is 24.4. The maximum absolute atomic E-state index is 14.8. The van der Waals surface area contributed by atoms with Gasteiger partial charge in [0.05, 0.1) is 22.9 Å². The topological polar surface area (TPSA) is 82.1 Å². The first-order valence-corrected chi connectivity index (χ1v) is 11.8. The Morgan fingerprint density at radius 2 is 1.97 bits per heavy atom. The molecule has 0 bridgehead atoms. The normalized spacial score (nSPS) is 26.2. The standard InChI is InChI=1S/C24H24Cl2FN3O4/c1-24(2)22(32)30(23(33)28-24)13-3-4-17(26)20(9-13)34-21-16-7-12(25)8-18(27)15(16)10-19(21)29-6-5-14(31)11-29/h3-4,7-9,14,19,21,31H,5-6,10-11H2,1-2H3,(H,28,33)/t14-,19-,21+/m1/s1. The quantitative estimate of drug-likeness (QED) is 0.609. The van der Waals surface area contributed by atoms with Crippen molar-refractivity contribution in [3.05, 3.63) is 57.3 Å². The maximum Gasteiger partial charge on any atom is 0.329 e. The van der Waals surface area contributed by atoms with Crippen LogP contribution in [0.1, 0.15) is 37.5 Å². The summed E-state index contributed by atoms with van der Waals surface area (Å²) in [7, 11) is 0. The smallest absolute Gasteiger partial charge is 0.329 e.